The van der Waals surface area contributed by atoms with Crippen molar-refractivity contribution in [3.8, 4) is 0 Å². The highest BCUT2D eigenvalue weighted by Crippen LogP contribution is 2.67. The Balaban J connectivity index is 1.90. The van der Waals surface area contributed by atoms with Crippen LogP contribution in [0.15, 0.2) is 91.0 Å². The second-order valence-corrected chi connectivity index (χ2v) is 12.1. The minimum absolute atomic E-state index is 1.20. The molecule has 146 valence electrons. The van der Waals surface area contributed by atoms with E-state index in [1.165, 1.54) is 67.0 Å². The van der Waals surface area contributed by atoms with Crippen molar-refractivity contribution in [2.75, 3.05) is 6.16 Å². The average Bonchev–Trinajstić information content (AvgIpc) is 2.73. The maximum absolute atomic E-state index is 2.33. The molecule has 28 heavy (non-hydrogen) atoms. The fraction of sp³-hybridized carbons (Fsp3) is 0.333. The van der Waals surface area contributed by atoms with Crippen LogP contribution in [-0.4, -0.2) is 6.16 Å². The summed E-state index contributed by atoms with van der Waals surface area (Å²) in [4.78, 5) is 0. The van der Waals surface area contributed by atoms with Crippen LogP contribution in [0.2, 0.25) is 0 Å². The highest BCUT2D eigenvalue weighted by atomic mass is 31.2. The zero-order valence-corrected chi connectivity index (χ0v) is 18.2. The molecular weight excluding hydrogens is 355 g/mol. The van der Waals surface area contributed by atoms with Gasteiger partial charge in [-0.25, -0.2) is 0 Å². The Hall–Kier alpha value is -1.91. The first kappa shape index (κ1) is 20.8. The van der Waals surface area contributed by atoms with E-state index in [1.54, 1.807) is 0 Å². The third-order valence-corrected chi connectivity index (χ3v) is 9.94. The van der Waals surface area contributed by atoms with Crippen molar-refractivity contribution >= 4 is 7.26 Å². The van der Waals surface area contributed by atoms with Gasteiger partial charge in [-0.05, 0) is 29.5 Å². The summed E-state index contributed by atoms with van der Waals surface area (Å²) in [5.41, 5.74) is 4.54. The average molecular weight is 390 g/mol. The van der Waals surface area contributed by atoms with Crippen LogP contribution in [0, 0.1) is 0 Å². The normalized spacial score (nSPS) is 11.5. The van der Waals surface area contributed by atoms with Crippen LogP contribution < -0.4 is 0 Å². The van der Waals surface area contributed by atoms with Crippen LogP contribution in [0.3, 0.4) is 0 Å². The number of hydrogen-bond donors (Lipinski definition) is 0. The third kappa shape index (κ3) is 6.61. The molecule has 0 heterocycles. The first-order chi connectivity index (χ1) is 13.8. The summed E-state index contributed by atoms with van der Waals surface area (Å²) < 4.78 is 0. The SMILES string of the molecule is CCCCCC[P+](Cc1ccccc1)(Cc1ccccc1)Cc1ccccc1. The lowest BCUT2D eigenvalue weighted by molar-refractivity contribution is 0.702. The monoisotopic (exact) mass is 389 g/mol. The van der Waals surface area contributed by atoms with Crippen LogP contribution >= 0.6 is 7.26 Å². The van der Waals surface area contributed by atoms with Gasteiger partial charge in [-0.3, -0.25) is 0 Å². The van der Waals surface area contributed by atoms with Crippen molar-refractivity contribution in [3.05, 3.63) is 108 Å². The fourth-order valence-electron chi connectivity index (χ4n) is 4.19. The molecule has 0 atom stereocenters. The number of hydrogen-bond acceptors (Lipinski definition) is 0. The predicted octanol–water partition coefficient (Wildman–Crippen LogP) is 8.18. The van der Waals surface area contributed by atoms with Gasteiger partial charge in [-0.15, -0.1) is 0 Å². The molecule has 3 aromatic rings. The largest absolute Gasteiger partial charge is 0.0849 e. The van der Waals surface area contributed by atoms with E-state index in [2.05, 4.69) is 97.9 Å². The maximum atomic E-state index is 2.33. The smallest absolute Gasteiger partial charge is 0.0654 e. The molecular formula is C27H34P+. The van der Waals surface area contributed by atoms with Gasteiger partial charge in [0.25, 0.3) is 0 Å². The highest BCUT2D eigenvalue weighted by Gasteiger charge is 2.37. The Morgan fingerprint density at radius 1 is 0.500 bits per heavy atom. The molecule has 0 amide bonds. The lowest BCUT2D eigenvalue weighted by Crippen LogP contribution is -2.09. The Kier molecular flexibility index (Phi) is 8.31. The number of benzene rings is 3. The van der Waals surface area contributed by atoms with Crippen molar-refractivity contribution < 1.29 is 0 Å². The molecule has 0 aliphatic rings. The van der Waals surface area contributed by atoms with E-state index >= 15 is 0 Å². The van der Waals surface area contributed by atoms with E-state index in [4.69, 9.17) is 0 Å². The van der Waals surface area contributed by atoms with Gasteiger partial charge in [0.1, 0.15) is 0 Å². The molecule has 0 aliphatic carbocycles. The topological polar surface area (TPSA) is 0 Å². The van der Waals surface area contributed by atoms with Gasteiger partial charge < -0.3 is 0 Å². The third-order valence-electron chi connectivity index (χ3n) is 5.57. The van der Waals surface area contributed by atoms with Crippen molar-refractivity contribution in [3.63, 3.8) is 0 Å². The van der Waals surface area contributed by atoms with E-state index in [0.717, 1.165) is 0 Å². The van der Waals surface area contributed by atoms with Gasteiger partial charge in [-0.2, -0.15) is 0 Å². The lowest BCUT2D eigenvalue weighted by Gasteiger charge is -2.29. The van der Waals surface area contributed by atoms with Crippen LogP contribution in [-0.2, 0) is 18.5 Å². The molecule has 0 saturated carbocycles. The predicted molar refractivity (Wildman–Crippen MR) is 126 cm³/mol. The van der Waals surface area contributed by atoms with Crippen molar-refractivity contribution in [2.24, 2.45) is 0 Å². The van der Waals surface area contributed by atoms with Crippen molar-refractivity contribution in [1.82, 2.24) is 0 Å². The van der Waals surface area contributed by atoms with Crippen molar-refractivity contribution in [2.45, 2.75) is 51.1 Å². The fourth-order valence-corrected chi connectivity index (χ4v) is 8.85. The molecule has 0 spiro atoms. The molecule has 0 saturated heterocycles. The van der Waals surface area contributed by atoms with Gasteiger partial charge in [-0.1, -0.05) is 111 Å². The Bertz CT molecular complexity index is 679. The summed E-state index contributed by atoms with van der Waals surface area (Å²) in [6.45, 7) is 2.31. The van der Waals surface area contributed by atoms with Crippen LogP contribution in [0.4, 0.5) is 0 Å². The number of rotatable bonds is 11. The van der Waals surface area contributed by atoms with Gasteiger partial charge in [0.15, 0.2) is 0 Å². The minimum Gasteiger partial charge on any atom is -0.0654 e. The second kappa shape index (κ2) is 11.2. The summed E-state index contributed by atoms with van der Waals surface area (Å²) >= 11 is 0. The summed E-state index contributed by atoms with van der Waals surface area (Å²) in [5.74, 6) is 0. The maximum Gasteiger partial charge on any atom is 0.0849 e. The van der Waals surface area contributed by atoms with Gasteiger partial charge in [0, 0.05) is 7.26 Å². The zero-order chi connectivity index (χ0) is 19.5. The van der Waals surface area contributed by atoms with Gasteiger partial charge in [0.05, 0.1) is 24.6 Å². The van der Waals surface area contributed by atoms with Crippen LogP contribution in [0.1, 0.15) is 49.3 Å². The van der Waals surface area contributed by atoms with E-state index in [0.29, 0.717) is 0 Å². The van der Waals surface area contributed by atoms with Crippen LogP contribution in [0.25, 0.3) is 0 Å². The molecule has 0 fully saturated rings. The Morgan fingerprint density at radius 2 is 0.893 bits per heavy atom. The highest BCUT2D eigenvalue weighted by molar-refractivity contribution is 7.73. The summed E-state index contributed by atoms with van der Waals surface area (Å²) in [6, 6.07) is 33.6. The second-order valence-electron chi connectivity index (χ2n) is 8.06. The standard InChI is InChI=1S/C27H34P/c1-2-3-4-14-21-28(22-25-15-8-5-9-16-25,23-26-17-10-6-11-18-26)24-27-19-12-7-13-20-27/h5-13,15-20H,2-4,14,21-24H2,1H3/q+1. The van der Waals surface area contributed by atoms with Gasteiger partial charge >= 0.3 is 0 Å². The van der Waals surface area contributed by atoms with E-state index in [1.807, 2.05) is 0 Å². The first-order valence-corrected chi connectivity index (χ1v) is 13.3. The van der Waals surface area contributed by atoms with Crippen LogP contribution in [0.5, 0.6) is 0 Å². The van der Waals surface area contributed by atoms with E-state index < -0.39 is 7.26 Å². The van der Waals surface area contributed by atoms with Gasteiger partial charge in [0.2, 0.25) is 0 Å². The molecule has 0 radical (unpaired) electrons. The Labute approximate surface area is 172 Å². The summed E-state index contributed by atoms with van der Waals surface area (Å²) in [7, 11) is -1.20. The molecule has 0 aliphatic heterocycles. The van der Waals surface area contributed by atoms with E-state index in [9.17, 15) is 0 Å². The lowest BCUT2D eigenvalue weighted by atomic mass is 10.2. The molecule has 3 aromatic carbocycles. The number of unbranched alkanes of at least 4 members (excludes halogenated alkanes) is 3. The molecule has 1 heteroatoms. The van der Waals surface area contributed by atoms with E-state index in [-0.39, 0.29) is 0 Å². The molecule has 0 unspecified atom stereocenters. The summed E-state index contributed by atoms with van der Waals surface area (Å²) in [5, 5.41) is 0. The molecule has 0 N–H and O–H groups in total. The van der Waals surface area contributed by atoms with Crippen molar-refractivity contribution in [1.29, 1.82) is 0 Å². The summed E-state index contributed by atoms with van der Waals surface area (Å²) in [6.07, 6.45) is 10.6. The zero-order valence-electron chi connectivity index (χ0n) is 17.3. The molecule has 0 bridgehead atoms. The Morgan fingerprint density at radius 3 is 1.25 bits per heavy atom. The molecule has 0 aromatic heterocycles. The first-order valence-electron chi connectivity index (χ1n) is 10.8. The quantitative estimate of drug-likeness (QED) is 0.229. The molecule has 0 nitrogen and oxygen atoms in total. The minimum atomic E-state index is -1.20. The molecule has 3 rings (SSSR count).